The Kier molecular flexibility index (Phi) is 7.02. The quantitative estimate of drug-likeness (QED) is 0.339. The number of nitrogens with one attached hydrogen (secondary N) is 1. The van der Waals surface area contributed by atoms with Gasteiger partial charge in [-0.25, -0.2) is 13.4 Å². The zero-order chi connectivity index (χ0) is 25.0. The highest BCUT2D eigenvalue weighted by molar-refractivity contribution is 7.93. The molecule has 0 aliphatic heterocycles. The lowest BCUT2D eigenvalue weighted by molar-refractivity contribution is 0.0985. The Labute approximate surface area is 201 Å². The molecule has 0 aliphatic rings. The second-order valence-corrected chi connectivity index (χ2v) is 9.66. The number of ether oxygens (including phenoxy) is 2. The van der Waals surface area contributed by atoms with Crippen LogP contribution in [0.5, 0.6) is 5.88 Å². The Bertz CT molecular complexity index is 1370. The number of pyridine rings is 1. The number of methoxy groups -OCH3 is 2. The molecule has 2 atom stereocenters. The molecule has 0 spiro atoms. The predicted octanol–water partition coefficient (Wildman–Crippen LogP) is 2.00. The molecule has 0 unspecified atom stereocenters. The van der Waals surface area contributed by atoms with E-state index in [9.17, 15) is 8.42 Å². The molecule has 0 aromatic carbocycles. The number of hydrogen-bond acceptors (Lipinski definition) is 11. The molecule has 0 saturated carbocycles. The molecule has 35 heavy (non-hydrogen) atoms. The van der Waals surface area contributed by atoms with Crippen molar-refractivity contribution in [1.29, 1.82) is 0 Å². The van der Waals surface area contributed by atoms with Crippen molar-refractivity contribution in [3.63, 3.8) is 0 Å². The van der Waals surface area contributed by atoms with E-state index in [4.69, 9.17) is 14.0 Å². The minimum atomic E-state index is -4.02. The Hall–Kier alpha value is -3.91. The zero-order valence-electron chi connectivity index (χ0n) is 19.5. The molecule has 1 N–H and O–H groups in total. The van der Waals surface area contributed by atoms with Gasteiger partial charge in [0.15, 0.2) is 5.82 Å². The summed E-state index contributed by atoms with van der Waals surface area (Å²) in [7, 11) is -1.10. The molecule has 0 saturated heterocycles. The third-order valence-electron chi connectivity index (χ3n) is 5.23. The van der Waals surface area contributed by atoms with Crippen LogP contribution in [0.15, 0.2) is 47.6 Å². The van der Waals surface area contributed by atoms with Crippen molar-refractivity contribution >= 4 is 16.0 Å². The van der Waals surface area contributed by atoms with Crippen molar-refractivity contribution in [1.82, 2.24) is 34.9 Å². The van der Waals surface area contributed by atoms with Crippen LogP contribution >= 0.6 is 0 Å². The maximum atomic E-state index is 13.4. The number of rotatable bonds is 10. The van der Waals surface area contributed by atoms with Gasteiger partial charge in [0.05, 0.1) is 37.4 Å². The van der Waals surface area contributed by atoms with Gasteiger partial charge in [0, 0.05) is 24.9 Å². The molecule has 0 radical (unpaired) electrons. The van der Waals surface area contributed by atoms with Crippen molar-refractivity contribution in [3.05, 3.63) is 60.0 Å². The number of aromatic nitrogens is 7. The van der Waals surface area contributed by atoms with Crippen LogP contribution < -0.4 is 9.46 Å². The summed E-state index contributed by atoms with van der Waals surface area (Å²) in [6, 6.07) is 5.15. The normalized spacial score (nSPS) is 13.4. The molecule has 4 aromatic rings. The minimum absolute atomic E-state index is 0.0116. The molecule has 0 fully saturated rings. The van der Waals surface area contributed by atoms with Gasteiger partial charge < -0.3 is 14.0 Å². The fourth-order valence-electron chi connectivity index (χ4n) is 3.34. The van der Waals surface area contributed by atoms with E-state index < -0.39 is 21.4 Å². The highest BCUT2D eigenvalue weighted by atomic mass is 32.2. The molecular weight excluding hydrogens is 476 g/mol. The smallest absolute Gasteiger partial charge is 0.240 e. The maximum Gasteiger partial charge on any atom is 0.240 e. The van der Waals surface area contributed by atoms with E-state index in [1.54, 1.807) is 35.9 Å². The monoisotopic (exact) mass is 500 g/mol. The summed E-state index contributed by atoms with van der Waals surface area (Å²) in [6.07, 6.45) is 5.14. The van der Waals surface area contributed by atoms with Gasteiger partial charge >= 0.3 is 0 Å². The fraction of sp³-hybridized carbons (Fsp3) is 0.333. The van der Waals surface area contributed by atoms with Crippen LogP contribution in [0.3, 0.4) is 0 Å². The zero-order valence-corrected chi connectivity index (χ0v) is 20.3. The maximum absolute atomic E-state index is 13.4. The van der Waals surface area contributed by atoms with E-state index in [-0.39, 0.29) is 12.5 Å². The third kappa shape index (κ3) is 5.27. The molecule has 0 amide bonds. The summed E-state index contributed by atoms with van der Waals surface area (Å²) in [4.78, 5) is 12.8. The first-order valence-electron chi connectivity index (χ1n) is 10.5. The Morgan fingerprint density at radius 3 is 2.63 bits per heavy atom. The lowest BCUT2D eigenvalue weighted by Crippen LogP contribution is -2.33. The summed E-state index contributed by atoms with van der Waals surface area (Å²) in [5.74, 6) is 0.686. The van der Waals surface area contributed by atoms with Crippen molar-refractivity contribution in [3.8, 4) is 17.4 Å². The van der Waals surface area contributed by atoms with Gasteiger partial charge in [-0.2, -0.15) is 0 Å². The van der Waals surface area contributed by atoms with Gasteiger partial charge in [-0.05, 0) is 19.9 Å². The molecule has 0 bridgehead atoms. The predicted molar refractivity (Wildman–Crippen MR) is 124 cm³/mol. The van der Waals surface area contributed by atoms with Crippen LogP contribution in [-0.4, -0.2) is 62.8 Å². The summed E-state index contributed by atoms with van der Waals surface area (Å²) >= 11 is 0. The first-order valence-corrected chi connectivity index (χ1v) is 12.0. The van der Waals surface area contributed by atoms with Crippen LogP contribution in [0.1, 0.15) is 30.0 Å². The fourth-order valence-corrected chi connectivity index (χ4v) is 4.51. The Morgan fingerprint density at radius 2 is 1.97 bits per heavy atom. The van der Waals surface area contributed by atoms with Crippen LogP contribution in [0.25, 0.3) is 11.5 Å². The topological polar surface area (TPSA) is 160 Å². The highest BCUT2D eigenvalue weighted by Gasteiger charge is 2.33. The van der Waals surface area contributed by atoms with Gasteiger partial charge in [0.25, 0.3) is 0 Å². The standard InChI is InChI=1S/C21H24N8O5S/c1-13-8-23-17(10-22-13)19(33-4)14(2)35(30,31)28-21-27-26-20(16-6-5-7-18(25-16)32-3)29(21)11-15-9-24-34-12-15/h5-10,12,14,19H,11H2,1-4H3,(H,27,28)/t14-,19-/m0/s1. The number of nitrogens with zero attached hydrogens (tertiary/aromatic N) is 7. The molecule has 0 aliphatic carbocycles. The van der Waals surface area contributed by atoms with Gasteiger partial charge in [0.2, 0.25) is 21.9 Å². The van der Waals surface area contributed by atoms with E-state index in [1.807, 2.05) is 0 Å². The minimum Gasteiger partial charge on any atom is -0.481 e. The van der Waals surface area contributed by atoms with Gasteiger partial charge in [-0.3, -0.25) is 19.3 Å². The van der Waals surface area contributed by atoms with E-state index in [0.717, 1.165) is 0 Å². The lowest BCUT2D eigenvalue weighted by Gasteiger charge is -2.22. The van der Waals surface area contributed by atoms with Crippen molar-refractivity contribution in [2.24, 2.45) is 0 Å². The second-order valence-electron chi connectivity index (χ2n) is 7.62. The van der Waals surface area contributed by atoms with Crippen molar-refractivity contribution in [2.75, 3.05) is 18.9 Å². The molecule has 4 aromatic heterocycles. The first-order chi connectivity index (χ1) is 16.8. The number of hydrogen-bond donors (Lipinski definition) is 1. The molecule has 13 nitrogen and oxygen atoms in total. The average Bonchev–Trinajstić information content (AvgIpc) is 3.51. The summed E-state index contributed by atoms with van der Waals surface area (Å²) in [6.45, 7) is 3.48. The van der Waals surface area contributed by atoms with E-state index in [2.05, 4.69) is 35.0 Å². The van der Waals surface area contributed by atoms with Gasteiger partial charge in [-0.15, -0.1) is 10.2 Å². The first kappa shape index (κ1) is 24.2. The summed E-state index contributed by atoms with van der Waals surface area (Å²) < 4.78 is 46.4. The van der Waals surface area contributed by atoms with Crippen LogP contribution in [-0.2, 0) is 21.3 Å². The second kappa shape index (κ2) is 10.1. The molecule has 184 valence electrons. The third-order valence-corrected chi connectivity index (χ3v) is 6.93. The summed E-state index contributed by atoms with van der Waals surface area (Å²) in [5, 5.41) is 10.9. The Balaban J connectivity index is 1.69. The summed E-state index contributed by atoms with van der Waals surface area (Å²) in [5.41, 5.74) is 2.21. The van der Waals surface area contributed by atoms with E-state index in [1.165, 1.54) is 39.8 Å². The SMILES string of the molecule is COc1cccc(-c2nnc(NS(=O)(=O)[C@@H](C)[C@H](OC)c3cnc(C)cn3)n2Cc2cnoc2)n1. The van der Waals surface area contributed by atoms with Crippen molar-refractivity contribution in [2.45, 2.75) is 31.7 Å². The highest BCUT2D eigenvalue weighted by Crippen LogP contribution is 2.27. The Morgan fingerprint density at radius 1 is 1.14 bits per heavy atom. The molecule has 4 rings (SSSR count). The van der Waals surface area contributed by atoms with Gasteiger partial charge in [-0.1, -0.05) is 11.2 Å². The number of anilines is 1. The average molecular weight is 501 g/mol. The molecule has 4 heterocycles. The lowest BCUT2D eigenvalue weighted by atomic mass is 10.2. The molecule has 14 heteroatoms. The molecular formula is C21H24N8O5S. The number of aryl methyl sites for hydroxylation is 1. The van der Waals surface area contributed by atoms with Crippen molar-refractivity contribution < 1.29 is 22.4 Å². The van der Waals surface area contributed by atoms with E-state index in [0.29, 0.717) is 34.3 Å². The van der Waals surface area contributed by atoms with Crippen LogP contribution in [0.4, 0.5) is 5.95 Å². The van der Waals surface area contributed by atoms with Gasteiger partial charge in [0.1, 0.15) is 23.3 Å². The largest absolute Gasteiger partial charge is 0.481 e. The van der Waals surface area contributed by atoms with Crippen LogP contribution in [0, 0.1) is 6.92 Å². The van der Waals surface area contributed by atoms with E-state index >= 15 is 0 Å². The number of sulfonamides is 1. The van der Waals surface area contributed by atoms with Crippen LogP contribution in [0.2, 0.25) is 0 Å².